The lowest BCUT2D eigenvalue weighted by atomic mass is 9.95. The maximum absolute atomic E-state index is 14.7. The smallest absolute Gasteiger partial charge is 0.301 e. The quantitative estimate of drug-likeness (QED) is 0.226. The molecule has 1 saturated heterocycles. The maximum Gasteiger partial charge on any atom is 0.301 e. The monoisotopic (exact) mass is 419 g/mol. The molecular formula is C22H14FN3O5. The number of anilines is 1. The van der Waals surface area contributed by atoms with Crippen molar-refractivity contribution in [3.05, 3.63) is 106 Å². The number of halogens is 1. The first-order chi connectivity index (χ1) is 14.9. The largest absolute Gasteiger partial charge is 0.507 e. The number of nitro groups is 1. The third kappa shape index (κ3) is 3.42. The van der Waals surface area contributed by atoms with Gasteiger partial charge in [-0.2, -0.15) is 0 Å². The van der Waals surface area contributed by atoms with Crippen molar-refractivity contribution in [2.24, 2.45) is 0 Å². The Hall–Kier alpha value is -4.40. The van der Waals surface area contributed by atoms with Crippen LogP contribution in [-0.4, -0.2) is 26.7 Å². The van der Waals surface area contributed by atoms with E-state index in [1.807, 2.05) is 0 Å². The van der Waals surface area contributed by atoms with Crippen LogP contribution in [0.1, 0.15) is 17.2 Å². The minimum atomic E-state index is -1.27. The average molecular weight is 419 g/mol. The number of Topliss-reactive ketones (excluding diaryl/α,β-unsaturated/α-hetero) is 1. The molecule has 0 radical (unpaired) electrons. The minimum Gasteiger partial charge on any atom is -0.507 e. The van der Waals surface area contributed by atoms with E-state index in [0.717, 1.165) is 17.0 Å². The number of aromatic nitrogens is 1. The summed E-state index contributed by atoms with van der Waals surface area (Å²) in [4.78, 5) is 41.2. The number of carbonyl (C=O) groups excluding carboxylic acids is 2. The summed E-state index contributed by atoms with van der Waals surface area (Å²) in [6, 6.07) is 13.8. The van der Waals surface area contributed by atoms with Gasteiger partial charge in [0.25, 0.3) is 11.5 Å². The molecule has 2 heterocycles. The van der Waals surface area contributed by atoms with Crippen molar-refractivity contribution in [2.45, 2.75) is 6.04 Å². The minimum absolute atomic E-state index is 0.00388. The van der Waals surface area contributed by atoms with E-state index in [9.17, 15) is 29.2 Å². The number of hydrogen-bond donors (Lipinski definition) is 1. The van der Waals surface area contributed by atoms with Crippen molar-refractivity contribution in [1.82, 2.24) is 4.98 Å². The lowest BCUT2D eigenvalue weighted by Crippen LogP contribution is -2.30. The Kier molecular flexibility index (Phi) is 5.00. The molecule has 9 heteroatoms. The number of rotatable bonds is 4. The van der Waals surface area contributed by atoms with E-state index in [0.29, 0.717) is 0 Å². The highest BCUT2D eigenvalue weighted by Crippen LogP contribution is 2.42. The number of nitrogens with zero attached hydrogens (tertiary/aromatic N) is 3. The maximum atomic E-state index is 14.7. The standard InChI is InChI=1S/C22H14FN3O5/c23-16-6-2-1-5-15(16)19-18(20(27)13-8-10-14(11-9-13)26(30)31)21(28)22(29)25(19)17-7-3-4-12-24-17/h1-12,19,27H/t19-/m1/s1. The fraction of sp³-hybridized carbons (Fsp3) is 0.0455. The van der Waals surface area contributed by atoms with Crippen molar-refractivity contribution < 1.29 is 24.0 Å². The Labute approximate surface area is 175 Å². The van der Waals surface area contributed by atoms with Gasteiger partial charge in [0.1, 0.15) is 17.4 Å². The Morgan fingerprint density at radius 1 is 1.03 bits per heavy atom. The number of amides is 1. The second-order valence-electron chi connectivity index (χ2n) is 6.68. The Morgan fingerprint density at radius 3 is 2.32 bits per heavy atom. The van der Waals surface area contributed by atoms with E-state index < -0.39 is 34.2 Å². The third-order valence-electron chi connectivity index (χ3n) is 4.89. The van der Waals surface area contributed by atoms with Crippen molar-refractivity contribution >= 4 is 29.0 Å². The van der Waals surface area contributed by atoms with Gasteiger partial charge in [-0.05, 0) is 30.3 Å². The molecule has 1 aromatic heterocycles. The molecule has 0 unspecified atom stereocenters. The molecular weight excluding hydrogens is 405 g/mol. The van der Waals surface area contributed by atoms with Crippen molar-refractivity contribution in [3.8, 4) is 0 Å². The fourth-order valence-corrected chi connectivity index (χ4v) is 3.45. The predicted octanol–water partition coefficient (Wildman–Crippen LogP) is 3.76. The van der Waals surface area contributed by atoms with Crippen LogP contribution in [0.15, 0.2) is 78.5 Å². The second-order valence-corrected chi connectivity index (χ2v) is 6.68. The van der Waals surface area contributed by atoms with Gasteiger partial charge in [-0.15, -0.1) is 0 Å². The first kappa shape index (κ1) is 19.9. The summed E-state index contributed by atoms with van der Waals surface area (Å²) in [5.74, 6) is -3.13. The molecule has 0 aliphatic carbocycles. The van der Waals surface area contributed by atoms with Gasteiger partial charge in [-0.25, -0.2) is 9.37 Å². The second kappa shape index (κ2) is 7.79. The van der Waals surface area contributed by atoms with E-state index in [-0.39, 0.29) is 28.2 Å². The molecule has 1 N–H and O–H groups in total. The molecule has 3 aromatic rings. The number of benzene rings is 2. The van der Waals surface area contributed by atoms with Crippen LogP contribution in [0.25, 0.3) is 5.76 Å². The van der Waals surface area contributed by atoms with E-state index in [1.165, 1.54) is 42.6 Å². The third-order valence-corrected chi connectivity index (χ3v) is 4.89. The van der Waals surface area contributed by atoms with Crippen LogP contribution in [0, 0.1) is 15.9 Å². The molecule has 1 atom stereocenters. The number of pyridine rings is 1. The first-order valence-corrected chi connectivity index (χ1v) is 9.11. The van der Waals surface area contributed by atoms with Crippen LogP contribution < -0.4 is 4.90 Å². The molecule has 154 valence electrons. The van der Waals surface area contributed by atoms with Crippen molar-refractivity contribution in [2.75, 3.05) is 4.90 Å². The lowest BCUT2D eigenvalue weighted by Gasteiger charge is -2.24. The Bertz CT molecular complexity index is 1230. The molecule has 0 saturated carbocycles. The highest BCUT2D eigenvalue weighted by Gasteiger charge is 2.48. The summed E-state index contributed by atoms with van der Waals surface area (Å²) in [6.45, 7) is 0. The molecule has 0 spiro atoms. The summed E-state index contributed by atoms with van der Waals surface area (Å²) >= 11 is 0. The highest BCUT2D eigenvalue weighted by molar-refractivity contribution is 6.51. The van der Waals surface area contributed by atoms with Crippen LogP contribution >= 0.6 is 0 Å². The number of nitro benzene ring substituents is 1. The van der Waals surface area contributed by atoms with Crippen LogP contribution in [0.5, 0.6) is 0 Å². The molecule has 1 amide bonds. The average Bonchev–Trinajstić information content (AvgIpc) is 3.04. The van der Waals surface area contributed by atoms with Gasteiger partial charge in [-0.1, -0.05) is 24.3 Å². The lowest BCUT2D eigenvalue weighted by molar-refractivity contribution is -0.384. The summed E-state index contributed by atoms with van der Waals surface area (Å²) in [6.07, 6.45) is 1.42. The van der Waals surface area contributed by atoms with Crippen LogP contribution in [0.2, 0.25) is 0 Å². The topological polar surface area (TPSA) is 114 Å². The number of hydrogen-bond acceptors (Lipinski definition) is 6. The zero-order valence-electron chi connectivity index (χ0n) is 15.8. The molecule has 0 bridgehead atoms. The van der Waals surface area contributed by atoms with Gasteiger partial charge in [0.15, 0.2) is 0 Å². The number of aliphatic hydroxyl groups is 1. The van der Waals surface area contributed by atoms with Crippen molar-refractivity contribution in [1.29, 1.82) is 0 Å². The molecule has 2 aromatic carbocycles. The summed E-state index contributed by atoms with van der Waals surface area (Å²) in [5, 5.41) is 21.8. The normalized spacial score (nSPS) is 17.7. The van der Waals surface area contributed by atoms with Crippen LogP contribution in [0.4, 0.5) is 15.9 Å². The van der Waals surface area contributed by atoms with Gasteiger partial charge in [0.05, 0.1) is 16.5 Å². The SMILES string of the molecule is O=C1C(=O)N(c2ccccn2)[C@H](c2ccccc2F)C1=C(O)c1ccc([N+](=O)[O-])cc1. The molecule has 4 rings (SSSR count). The summed E-state index contributed by atoms with van der Waals surface area (Å²) < 4.78 is 14.7. The number of ketones is 1. The van der Waals surface area contributed by atoms with Crippen molar-refractivity contribution in [3.63, 3.8) is 0 Å². The molecule has 1 fully saturated rings. The molecule has 31 heavy (non-hydrogen) atoms. The van der Waals surface area contributed by atoms with Gasteiger partial charge in [-0.3, -0.25) is 24.6 Å². The molecule has 8 nitrogen and oxygen atoms in total. The zero-order valence-corrected chi connectivity index (χ0v) is 15.8. The van der Waals surface area contributed by atoms with Crippen LogP contribution in [0.3, 0.4) is 0 Å². The van der Waals surface area contributed by atoms with Gasteiger partial charge in [0.2, 0.25) is 0 Å². The van der Waals surface area contributed by atoms with Gasteiger partial charge in [0, 0.05) is 29.5 Å². The highest BCUT2D eigenvalue weighted by atomic mass is 19.1. The van der Waals surface area contributed by atoms with Crippen LogP contribution in [-0.2, 0) is 9.59 Å². The number of non-ortho nitro benzene ring substituents is 1. The summed E-state index contributed by atoms with van der Waals surface area (Å²) in [5.41, 5.74) is -0.479. The van der Waals surface area contributed by atoms with E-state index in [1.54, 1.807) is 18.2 Å². The molecule has 1 aliphatic rings. The summed E-state index contributed by atoms with van der Waals surface area (Å²) in [7, 11) is 0. The Morgan fingerprint density at radius 2 is 1.71 bits per heavy atom. The first-order valence-electron chi connectivity index (χ1n) is 9.11. The Balaban J connectivity index is 1.93. The molecule has 1 aliphatic heterocycles. The predicted molar refractivity (Wildman–Crippen MR) is 109 cm³/mol. The number of carbonyl (C=O) groups is 2. The van der Waals surface area contributed by atoms with E-state index in [2.05, 4.69) is 4.98 Å². The van der Waals surface area contributed by atoms with E-state index in [4.69, 9.17) is 0 Å². The zero-order chi connectivity index (χ0) is 22.1. The van der Waals surface area contributed by atoms with Gasteiger partial charge < -0.3 is 5.11 Å². The number of aliphatic hydroxyl groups excluding tert-OH is 1. The van der Waals surface area contributed by atoms with E-state index >= 15 is 0 Å². The van der Waals surface area contributed by atoms with Gasteiger partial charge >= 0.3 is 5.91 Å². The fourth-order valence-electron chi connectivity index (χ4n) is 3.45.